The summed E-state index contributed by atoms with van der Waals surface area (Å²) in [4.78, 5) is 25.3. The summed E-state index contributed by atoms with van der Waals surface area (Å²) in [6, 6.07) is 7.50. The minimum absolute atomic E-state index is 0.0395. The van der Waals surface area contributed by atoms with E-state index in [0.29, 0.717) is 12.1 Å². The van der Waals surface area contributed by atoms with E-state index in [1.807, 2.05) is 39.0 Å². The molecule has 0 radical (unpaired) electrons. The predicted octanol–water partition coefficient (Wildman–Crippen LogP) is 2.41. The third-order valence-corrected chi connectivity index (χ3v) is 2.93. The first-order chi connectivity index (χ1) is 8.95. The van der Waals surface area contributed by atoms with Crippen LogP contribution < -0.4 is 0 Å². The summed E-state index contributed by atoms with van der Waals surface area (Å²) < 4.78 is 4.61. The minimum Gasteiger partial charge on any atom is -0.469 e. The fraction of sp³-hybridized carbons (Fsp3) is 0.467. The Morgan fingerprint density at radius 3 is 2.53 bits per heavy atom. The van der Waals surface area contributed by atoms with Crippen LogP contribution in [0.3, 0.4) is 0 Å². The SMILES string of the molecule is COC(=O)CCN(C(=O)c1cccc(C)c1)C(C)C. The number of ether oxygens (including phenoxy) is 1. The predicted molar refractivity (Wildman–Crippen MR) is 74.0 cm³/mol. The molecule has 104 valence electrons. The molecule has 19 heavy (non-hydrogen) atoms. The molecule has 1 amide bonds. The summed E-state index contributed by atoms with van der Waals surface area (Å²) in [6.07, 6.45) is 0.215. The Morgan fingerprint density at radius 1 is 1.32 bits per heavy atom. The van der Waals surface area contributed by atoms with E-state index >= 15 is 0 Å². The quantitative estimate of drug-likeness (QED) is 0.766. The lowest BCUT2D eigenvalue weighted by molar-refractivity contribution is -0.140. The van der Waals surface area contributed by atoms with Crippen molar-refractivity contribution in [2.75, 3.05) is 13.7 Å². The Kier molecular flexibility index (Phi) is 5.55. The third-order valence-electron chi connectivity index (χ3n) is 2.93. The van der Waals surface area contributed by atoms with Crippen LogP contribution in [0.5, 0.6) is 0 Å². The zero-order chi connectivity index (χ0) is 14.4. The zero-order valence-corrected chi connectivity index (χ0v) is 12.0. The Labute approximate surface area is 114 Å². The molecule has 1 rings (SSSR count). The number of benzene rings is 1. The van der Waals surface area contributed by atoms with Gasteiger partial charge < -0.3 is 9.64 Å². The van der Waals surface area contributed by atoms with E-state index in [0.717, 1.165) is 5.56 Å². The van der Waals surface area contributed by atoms with Crippen molar-refractivity contribution in [3.8, 4) is 0 Å². The molecule has 0 aliphatic heterocycles. The lowest BCUT2D eigenvalue weighted by atomic mass is 10.1. The van der Waals surface area contributed by atoms with Gasteiger partial charge in [0.2, 0.25) is 0 Å². The molecule has 0 fully saturated rings. The van der Waals surface area contributed by atoms with Crippen molar-refractivity contribution in [3.63, 3.8) is 0 Å². The number of amides is 1. The first kappa shape index (κ1) is 15.2. The van der Waals surface area contributed by atoms with Gasteiger partial charge in [0.25, 0.3) is 5.91 Å². The molecule has 0 heterocycles. The van der Waals surface area contributed by atoms with Crippen molar-refractivity contribution < 1.29 is 14.3 Å². The van der Waals surface area contributed by atoms with E-state index in [1.165, 1.54) is 7.11 Å². The molecule has 0 saturated heterocycles. The standard InChI is InChI=1S/C15H21NO3/c1-11(2)16(9-8-14(17)19-4)15(18)13-7-5-6-12(3)10-13/h5-7,10-11H,8-9H2,1-4H3. The molecular weight excluding hydrogens is 242 g/mol. The molecule has 1 aromatic carbocycles. The fourth-order valence-electron chi connectivity index (χ4n) is 1.85. The number of hydrogen-bond acceptors (Lipinski definition) is 3. The van der Waals surface area contributed by atoms with E-state index in [2.05, 4.69) is 4.74 Å². The smallest absolute Gasteiger partial charge is 0.307 e. The van der Waals surface area contributed by atoms with Crippen LogP contribution in [0.15, 0.2) is 24.3 Å². The maximum Gasteiger partial charge on any atom is 0.307 e. The highest BCUT2D eigenvalue weighted by Crippen LogP contribution is 2.11. The topological polar surface area (TPSA) is 46.6 Å². The number of rotatable bonds is 5. The molecule has 0 spiro atoms. The second-order valence-electron chi connectivity index (χ2n) is 4.79. The van der Waals surface area contributed by atoms with Gasteiger partial charge in [-0.05, 0) is 32.9 Å². The lowest BCUT2D eigenvalue weighted by Crippen LogP contribution is -2.38. The minimum atomic E-state index is -0.303. The Hall–Kier alpha value is -1.84. The van der Waals surface area contributed by atoms with Gasteiger partial charge in [0.1, 0.15) is 0 Å². The summed E-state index contributed by atoms with van der Waals surface area (Å²) >= 11 is 0. The van der Waals surface area contributed by atoms with Crippen LogP contribution >= 0.6 is 0 Å². The molecule has 4 heteroatoms. The summed E-state index contributed by atoms with van der Waals surface area (Å²) in [5, 5.41) is 0. The number of hydrogen-bond donors (Lipinski definition) is 0. The maximum absolute atomic E-state index is 12.4. The van der Waals surface area contributed by atoms with Crippen LogP contribution in [0.2, 0.25) is 0 Å². The van der Waals surface area contributed by atoms with Crippen molar-refractivity contribution in [3.05, 3.63) is 35.4 Å². The van der Waals surface area contributed by atoms with E-state index < -0.39 is 0 Å². The van der Waals surface area contributed by atoms with Gasteiger partial charge in [0, 0.05) is 18.2 Å². The Bertz CT molecular complexity index is 454. The van der Waals surface area contributed by atoms with E-state index in [-0.39, 0.29) is 24.3 Å². The van der Waals surface area contributed by atoms with Crippen LogP contribution in [0.25, 0.3) is 0 Å². The molecule has 4 nitrogen and oxygen atoms in total. The normalized spacial score (nSPS) is 10.4. The molecule has 1 aromatic rings. The van der Waals surface area contributed by atoms with Gasteiger partial charge in [-0.15, -0.1) is 0 Å². The molecule has 0 unspecified atom stereocenters. The van der Waals surface area contributed by atoms with Crippen molar-refractivity contribution in [1.29, 1.82) is 0 Å². The van der Waals surface area contributed by atoms with Crippen molar-refractivity contribution in [2.24, 2.45) is 0 Å². The number of esters is 1. The van der Waals surface area contributed by atoms with Gasteiger partial charge in [-0.3, -0.25) is 9.59 Å². The van der Waals surface area contributed by atoms with Crippen LogP contribution in [-0.4, -0.2) is 36.5 Å². The highest BCUT2D eigenvalue weighted by molar-refractivity contribution is 5.94. The molecule has 0 aliphatic rings. The maximum atomic E-state index is 12.4. The first-order valence-electron chi connectivity index (χ1n) is 6.40. The van der Waals surface area contributed by atoms with E-state index in [9.17, 15) is 9.59 Å². The average molecular weight is 263 g/mol. The van der Waals surface area contributed by atoms with Gasteiger partial charge in [0.15, 0.2) is 0 Å². The highest BCUT2D eigenvalue weighted by Gasteiger charge is 2.19. The zero-order valence-electron chi connectivity index (χ0n) is 12.0. The van der Waals surface area contributed by atoms with E-state index in [1.54, 1.807) is 11.0 Å². The van der Waals surface area contributed by atoms with Crippen molar-refractivity contribution >= 4 is 11.9 Å². The number of aryl methyl sites for hydroxylation is 1. The number of carbonyl (C=O) groups excluding carboxylic acids is 2. The summed E-state index contributed by atoms with van der Waals surface area (Å²) in [6.45, 7) is 6.19. The lowest BCUT2D eigenvalue weighted by Gasteiger charge is -2.26. The second-order valence-corrected chi connectivity index (χ2v) is 4.79. The number of nitrogens with zero attached hydrogens (tertiary/aromatic N) is 1. The first-order valence-corrected chi connectivity index (χ1v) is 6.40. The molecule has 0 atom stereocenters. The van der Waals surface area contributed by atoms with Crippen LogP contribution in [0.1, 0.15) is 36.2 Å². The van der Waals surface area contributed by atoms with Crippen molar-refractivity contribution in [1.82, 2.24) is 4.90 Å². The Balaban J connectivity index is 2.81. The summed E-state index contributed by atoms with van der Waals surface area (Å²) in [5.41, 5.74) is 1.70. The highest BCUT2D eigenvalue weighted by atomic mass is 16.5. The average Bonchev–Trinajstić information content (AvgIpc) is 2.38. The van der Waals surface area contributed by atoms with Gasteiger partial charge in [-0.1, -0.05) is 17.7 Å². The van der Waals surface area contributed by atoms with Crippen LogP contribution in [0, 0.1) is 6.92 Å². The molecule has 0 aromatic heterocycles. The van der Waals surface area contributed by atoms with Gasteiger partial charge in [-0.2, -0.15) is 0 Å². The fourth-order valence-corrected chi connectivity index (χ4v) is 1.85. The number of carbonyl (C=O) groups is 2. The van der Waals surface area contributed by atoms with Crippen LogP contribution in [0.4, 0.5) is 0 Å². The monoisotopic (exact) mass is 263 g/mol. The molecule has 0 N–H and O–H groups in total. The summed E-state index contributed by atoms with van der Waals surface area (Å²) in [5.74, 6) is -0.356. The van der Waals surface area contributed by atoms with Crippen LogP contribution in [-0.2, 0) is 9.53 Å². The van der Waals surface area contributed by atoms with Gasteiger partial charge in [0.05, 0.1) is 13.5 Å². The van der Waals surface area contributed by atoms with Gasteiger partial charge in [-0.25, -0.2) is 0 Å². The molecular formula is C15H21NO3. The number of methoxy groups -OCH3 is 1. The Morgan fingerprint density at radius 2 is 2.00 bits per heavy atom. The molecule has 0 bridgehead atoms. The summed E-state index contributed by atoms with van der Waals surface area (Å²) in [7, 11) is 1.35. The molecule has 0 aliphatic carbocycles. The second kappa shape index (κ2) is 6.92. The largest absolute Gasteiger partial charge is 0.469 e. The third kappa shape index (κ3) is 4.39. The van der Waals surface area contributed by atoms with Crippen molar-refractivity contribution in [2.45, 2.75) is 33.2 Å². The molecule has 0 saturated carbocycles. The van der Waals surface area contributed by atoms with Gasteiger partial charge >= 0.3 is 5.97 Å². The van der Waals surface area contributed by atoms with E-state index in [4.69, 9.17) is 0 Å².